The van der Waals surface area contributed by atoms with E-state index in [2.05, 4.69) is 0 Å². The normalized spacial score (nSPS) is 11.5. The lowest BCUT2D eigenvalue weighted by Gasteiger charge is -2.13. The van der Waals surface area contributed by atoms with Gasteiger partial charge in [0.25, 0.3) is 0 Å². The van der Waals surface area contributed by atoms with Gasteiger partial charge in [0.05, 0.1) is 17.6 Å². The zero-order valence-corrected chi connectivity index (χ0v) is 12.2. The maximum Gasteiger partial charge on any atom is 0.338 e. The van der Waals surface area contributed by atoms with Crippen LogP contribution in [0.1, 0.15) is 28.9 Å². The number of ether oxygens (including phenoxy) is 2. The first-order chi connectivity index (χ1) is 10.5. The van der Waals surface area contributed by atoms with E-state index in [1.807, 2.05) is 30.3 Å². The highest BCUT2D eigenvalue weighted by molar-refractivity contribution is 5.90. The molecule has 0 spiro atoms. The van der Waals surface area contributed by atoms with Gasteiger partial charge in [-0.25, -0.2) is 4.79 Å². The van der Waals surface area contributed by atoms with Crippen molar-refractivity contribution in [1.82, 2.24) is 0 Å². The van der Waals surface area contributed by atoms with Crippen molar-refractivity contribution in [3.8, 4) is 5.75 Å². The van der Waals surface area contributed by atoms with E-state index in [0.717, 1.165) is 11.6 Å². The van der Waals surface area contributed by atoms with Gasteiger partial charge in [-0.15, -0.1) is 0 Å². The third-order valence-electron chi connectivity index (χ3n) is 3.16. The first kappa shape index (κ1) is 15.5. The van der Waals surface area contributed by atoms with Gasteiger partial charge in [-0.05, 0) is 24.6 Å². The number of benzene rings is 2. The third kappa shape index (κ3) is 3.41. The van der Waals surface area contributed by atoms with E-state index >= 15 is 0 Å². The van der Waals surface area contributed by atoms with Gasteiger partial charge in [0.2, 0.25) is 0 Å². The fourth-order valence-corrected chi connectivity index (χ4v) is 1.98. The van der Waals surface area contributed by atoms with Gasteiger partial charge in [-0.2, -0.15) is 0 Å². The summed E-state index contributed by atoms with van der Waals surface area (Å²) >= 11 is 0. The number of nitrogens with zero attached hydrogens (tertiary/aromatic N) is 1. The van der Waals surface area contributed by atoms with Crippen molar-refractivity contribution in [1.29, 1.82) is 0 Å². The van der Waals surface area contributed by atoms with Crippen LogP contribution in [0.3, 0.4) is 0 Å². The second-order valence-electron chi connectivity index (χ2n) is 4.60. The van der Waals surface area contributed by atoms with Gasteiger partial charge in [0.15, 0.2) is 5.75 Å². The lowest BCUT2D eigenvalue weighted by molar-refractivity contribution is -0.385. The minimum atomic E-state index is -0.623. The van der Waals surface area contributed by atoms with Crippen LogP contribution < -0.4 is 4.74 Å². The van der Waals surface area contributed by atoms with Crippen LogP contribution >= 0.6 is 0 Å². The summed E-state index contributed by atoms with van der Waals surface area (Å²) in [5.41, 5.74) is 0.679. The Kier molecular flexibility index (Phi) is 4.73. The Bertz CT molecular complexity index is 684. The number of carbonyl (C=O) groups is 1. The zero-order valence-electron chi connectivity index (χ0n) is 12.2. The van der Waals surface area contributed by atoms with E-state index in [1.165, 1.54) is 19.2 Å². The number of methoxy groups -OCH3 is 1. The molecule has 0 aromatic heterocycles. The summed E-state index contributed by atoms with van der Waals surface area (Å²) in [6, 6.07) is 13.2. The molecule has 0 aliphatic rings. The van der Waals surface area contributed by atoms with E-state index in [0.29, 0.717) is 0 Å². The molecule has 2 rings (SSSR count). The Morgan fingerprint density at radius 1 is 1.18 bits per heavy atom. The number of carbonyl (C=O) groups excluding carboxylic acids is 1. The predicted molar refractivity (Wildman–Crippen MR) is 79.9 cm³/mol. The average molecular weight is 301 g/mol. The molecule has 1 atom stereocenters. The molecule has 6 heteroatoms. The minimum absolute atomic E-state index is 0.0951. The van der Waals surface area contributed by atoms with Crippen LogP contribution in [-0.2, 0) is 4.74 Å². The number of hydrogen-bond acceptors (Lipinski definition) is 5. The van der Waals surface area contributed by atoms with E-state index < -0.39 is 17.0 Å². The minimum Gasteiger partial charge on any atom is -0.490 e. The Balaban J connectivity index is 2.19. The fraction of sp³-hybridized carbons (Fsp3) is 0.188. The number of nitro groups is 1. The molecule has 0 aliphatic heterocycles. The zero-order chi connectivity index (χ0) is 16.1. The van der Waals surface area contributed by atoms with Gasteiger partial charge in [0.1, 0.15) is 6.10 Å². The molecule has 0 fully saturated rings. The van der Waals surface area contributed by atoms with Crippen LogP contribution in [0.5, 0.6) is 5.75 Å². The summed E-state index contributed by atoms with van der Waals surface area (Å²) in [6.07, 6.45) is -0.449. The van der Waals surface area contributed by atoms with Crippen LogP contribution in [0.15, 0.2) is 48.5 Å². The quantitative estimate of drug-likeness (QED) is 0.479. The molecule has 114 valence electrons. The molecule has 2 aromatic rings. The van der Waals surface area contributed by atoms with E-state index in [4.69, 9.17) is 9.47 Å². The number of nitro benzene ring substituents is 1. The molecule has 6 nitrogen and oxygen atoms in total. The summed E-state index contributed by atoms with van der Waals surface area (Å²) in [5, 5.41) is 11.0. The summed E-state index contributed by atoms with van der Waals surface area (Å²) < 4.78 is 10.2. The SMILES string of the molecule is COc1ccc(C(=O)O[C@H](C)c2ccccc2)cc1[N+](=O)[O-]. The highest BCUT2D eigenvalue weighted by Gasteiger charge is 2.20. The van der Waals surface area contributed by atoms with Crippen LogP contribution in [0.2, 0.25) is 0 Å². The Morgan fingerprint density at radius 2 is 1.86 bits per heavy atom. The van der Waals surface area contributed by atoms with E-state index in [-0.39, 0.29) is 17.0 Å². The first-order valence-electron chi connectivity index (χ1n) is 6.61. The van der Waals surface area contributed by atoms with Gasteiger partial charge in [-0.3, -0.25) is 10.1 Å². The highest BCUT2D eigenvalue weighted by atomic mass is 16.6. The largest absolute Gasteiger partial charge is 0.490 e. The monoisotopic (exact) mass is 301 g/mol. The molecule has 0 saturated carbocycles. The van der Waals surface area contributed by atoms with Crippen molar-refractivity contribution in [2.45, 2.75) is 13.0 Å². The molecular weight excluding hydrogens is 286 g/mol. The van der Waals surface area contributed by atoms with Crippen LogP contribution in [-0.4, -0.2) is 18.0 Å². The Labute approximate surface area is 127 Å². The third-order valence-corrected chi connectivity index (χ3v) is 3.16. The van der Waals surface area contributed by atoms with Crippen molar-refractivity contribution >= 4 is 11.7 Å². The fourth-order valence-electron chi connectivity index (χ4n) is 1.98. The highest BCUT2D eigenvalue weighted by Crippen LogP contribution is 2.28. The molecule has 2 aromatic carbocycles. The summed E-state index contributed by atoms with van der Waals surface area (Å²) in [4.78, 5) is 22.5. The molecular formula is C16H15NO5. The van der Waals surface area contributed by atoms with Crippen LogP contribution in [0.4, 0.5) is 5.69 Å². The lowest BCUT2D eigenvalue weighted by atomic mass is 10.1. The topological polar surface area (TPSA) is 78.7 Å². The maximum atomic E-state index is 12.1. The van der Waals surface area contributed by atoms with Crippen molar-refractivity contribution in [2.24, 2.45) is 0 Å². The smallest absolute Gasteiger partial charge is 0.338 e. The molecule has 0 unspecified atom stereocenters. The first-order valence-corrected chi connectivity index (χ1v) is 6.61. The summed E-state index contributed by atoms with van der Waals surface area (Å²) in [7, 11) is 1.33. The van der Waals surface area contributed by atoms with Gasteiger partial charge in [0, 0.05) is 6.07 Å². The van der Waals surface area contributed by atoms with Gasteiger partial charge in [-0.1, -0.05) is 30.3 Å². The second kappa shape index (κ2) is 6.71. The van der Waals surface area contributed by atoms with Gasteiger partial charge < -0.3 is 9.47 Å². The Hall–Kier alpha value is -2.89. The van der Waals surface area contributed by atoms with Crippen molar-refractivity contribution in [3.05, 3.63) is 69.8 Å². The maximum absolute atomic E-state index is 12.1. The molecule has 0 aliphatic carbocycles. The molecule has 22 heavy (non-hydrogen) atoms. The van der Waals surface area contributed by atoms with Gasteiger partial charge >= 0.3 is 11.7 Å². The second-order valence-corrected chi connectivity index (χ2v) is 4.60. The van der Waals surface area contributed by atoms with Crippen LogP contribution in [0.25, 0.3) is 0 Å². The van der Waals surface area contributed by atoms with Crippen molar-refractivity contribution in [3.63, 3.8) is 0 Å². The molecule has 0 amide bonds. The number of rotatable bonds is 5. The van der Waals surface area contributed by atoms with E-state index in [9.17, 15) is 14.9 Å². The predicted octanol–water partition coefficient (Wildman–Crippen LogP) is 3.52. The number of esters is 1. The molecule has 0 saturated heterocycles. The summed E-state index contributed by atoms with van der Waals surface area (Å²) in [6.45, 7) is 1.74. The average Bonchev–Trinajstić information content (AvgIpc) is 2.54. The lowest BCUT2D eigenvalue weighted by Crippen LogP contribution is -2.09. The molecule has 0 heterocycles. The number of hydrogen-bond donors (Lipinski definition) is 0. The Morgan fingerprint density at radius 3 is 2.45 bits per heavy atom. The molecule has 0 N–H and O–H groups in total. The molecule has 0 radical (unpaired) electrons. The summed E-state index contributed by atoms with van der Waals surface area (Å²) in [5.74, 6) is -0.528. The van der Waals surface area contributed by atoms with Crippen molar-refractivity contribution < 1.29 is 19.2 Å². The molecule has 0 bridgehead atoms. The standard InChI is InChI=1S/C16H15NO5/c1-11(12-6-4-3-5-7-12)22-16(18)13-8-9-15(21-2)14(10-13)17(19)20/h3-11H,1-2H3/t11-/m1/s1. The van der Waals surface area contributed by atoms with Crippen LogP contribution in [0, 0.1) is 10.1 Å². The van der Waals surface area contributed by atoms with Crippen molar-refractivity contribution in [2.75, 3.05) is 7.11 Å². The van der Waals surface area contributed by atoms with E-state index in [1.54, 1.807) is 6.92 Å².